The molecule has 1 N–H and O–H groups in total. The predicted octanol–water partition coefficient (Wildman–Crippen LogP) is 3.27. The van der Waals surface area contributed by atoms with E-state index in [-0.39, 0.29) is 41.0 Å². The molecule has 1 aliphatic carbocycles. The lowest BCUT2D eigenvalue weighted by atomic mass is 9.79. The van der Waals surface area contributed by atoms with Gasteiger partial charge in [-0.1, -0.05) is 24.3 Å². The maximum absolute atomic E-state index is 13.2. The molecular formula is C25H17NO8. The number of nitro benzene ring substituents is 1. The van der Waals surface area contributed by atoms with Crippen LogP contribution >= 0.6 is 0 Å². The van der Waals surface area contributed by atoms with E-state index in [2.05, 4.69) is 0 Å². The highest BCUT2D eigenvalue weighted by molar-refractivity contribution is 6.28. The van der Waals surface area contributed by atoms with Crippen molar-refractivity contribution < 1.29 is 33.9 Å². The molecule has 0 saturated carbocycles. The molecular weight excluding hydrogens is 442 g/mol. The highest BCUT2D eigenvalue weighted by Crippen LogP contribution is 2.37. The molecule has 0 aromatic heterocycles. The Kier molecular flexibility index (Phi) is 5.27. The van der Waals surface area contributed by atoms with Gasteiger partial charge in [0.25, 0.3) is 5.69 Å². The van der Waals surface area contributed by atoms with Crippen molar-refractivity contribution in [3.8, 4) is 0 Å². The minimum absolute atomic E-state index is 0.0313. The standard InChI is InChI=1S/C25H17NO8/c27-22-17-9-14-3-1-2-4-15(14)10-18(17)23(28)21-19(22)11-20(34-25(21)30)24(29)33-12-13-5-7-16(8-6-13)26(31)32/h1-10,20,25,30H,11-12H2/t20-,25-/m1/s1. The van der Waals surface area contributed by atoms with Gasteiger partial charge in [-0.15, -0.1) is 0 Å². The number of benzene rings is 3. The number of ketones is 2. The van der Waals surface area contributed by atoms with E-state index in [1.807, 2.05) is 24.3 Å². The van der Waals surface area contributed by atoms with Gasteiger partial charge in [0.2, 0.25) is 0 Å². The molecule has 3 aromatic rings. The second-order valence-electron chi connectivity index (χ2n) is 8.01. The van der Waals surface area contributed by atoms with Gasteiger partial charge in [-0.25, -0.2) is 4.79 Å². The van der Waals surface area contributed by atoms with Crippen molar-refractivity contribution >= 4 is 34.0 Å². The van der Waals surface area contributed by atoms with E-state index in [0.29, 0.717) is 5.56 Å². The fourth-order valence-electron chi connectivity index (χ4n) is 4.20. The first-order chi connectivity index (χ1) is 16.3. The molecule has 0 bridgehead atoms. The normalized spacial score (nSPS) is 19.6. The first-order valence-corrected chi connectivity index (χ1v) is 10.4. The summed E-state index contributed by atoms with van der Waals surface area (Å²) in [6.45, 7) is -0.180. The van der Waals surface area contributed by atoms with Gasteiger partial charge < -0.3 is 14.6 Å². The number of fused-ring (bicyclic) bond motifs is 2. The first-order valence-electron chi connectivity index (χ1n) is 10.4. The summed E-state index contributed by atoms with van der Waals surface area (Å²) in [7, 11) is 0. The van der Waals surface area contributed by atoms with Crippen LogP contribution < -0.4 is 0 Å². The molecule has 0 unspecified atom stereocenters. The Labute approximate surface area is 192 Å². The molecule has 5 rings (SSSR count). The molecule has 0 amide bonds. The second-order valence-corrected chi connectivity index (χ2v) is 8.01. The summed E-state index contributed by atoms with van der Waals surface area (Å²) in [6.07, 6.45) is -3.26. The Morgan fingerprint density at radius 2 is 1.65 bits per heavy atom. The first kappa shape index (κ1) is 21.6. The molecule has 3 aromatic carbocycles. The van der Waals surface area contributed by atoms with E-state index in [0.717, 1.165) is 10.8 Å². The Balaban J connectivity index is 1.36. The molecule has 0 radical (unpaired) electrons. The number of esters is 1. The average Bonchev–Trinajstić information content (AvgIpc) is 2.84. The number of ether oxygens (including phenoxy) is 2. The fraction of sp³-hybridized carbons (Fsp3) is 0.160. The average molecular weight is 459 g/mol. The number of carbonyl (C=O) groups excluding carboxylic acids is 3. The molecule has 34 heavy (non-hydrogen) atoms. The van der Waals surface area contributed by atoms with Crippen LogP contribution in [0.25, 0.3) is 10.8 Å². The summed E-state index contributed by atoms with van der Waals surface area (Å²) in [6, 6.07) is 16.0. The Hall–Kier alpha value is -4.21. The van der Waals surface area contributed by atoms with E-state index in [9.17, 15) is 29.6 Å². The summed E-state index contributed by atoms with van der Waals surface area (Å²) in [5, 5.41) is 22.8. The summed E-state index contributed by atoms with van der Waals surface area (Å²) in [5.41, 5.74) is 0.691. The van der Waals surface area contributed by atoms with Gasteiger partial charge in [0.1, 0.15) is 6.61 Å². The third kappa shape index (κ3) is 3.66. The largest absolute Gasteiger partial charge is 0.459 e. The molecule has 1 aliphatic heterocycles. The van der Waals surface area contributed by atoms with E-state index in [4.69, 9.17) is 9.47 Å². The van der Waals surface area contributed by atoms with Crippen LogP contribution in [0.15, 0.2) is 71.8 Å². The van der Waals surface area contributed by atoms with Crippen LogP contribution in [0.3, 0.4) is 0 Å². The lowest BCUT2D eigenvalue weighted by molar-refractivity contribution is -0.384. The van der Waals surface area contributed by atoms with Crippen molar-refractivity contribution in [2.24, 2.45) is 0 Å². The van der Waals surface area contributed by atoms with Crippen LogP contribution in [0.1, 0.15) is 32.7 Å². The van der Waals surface area contributed by atoms with Crippen LogP contribution in [-0.4, -0.2) is 40.0 Å². The van der Waals surface area contributed by atoms with E-state index < -0.39 is 34.9 Å². The SMILES string of the molecule is O=C1C2=C(C(=O)c3cc4ccccc4cc31)[C@H](O)O[C@@H](C(=O)OCc1ccc([N+](=O)[O-])cc1)C2. The van der Waals surface area contributed by atoms with Crippen LogP contribution in [-0.2, 0) is 20.9 Å². The monoisotopic (exact) mass is 459 g/mol. The third-order valence-corrected chi connectivity index (χ3v) is 5.94. The maximum atomic E-state index is 13.2. The van der Waals surface area contributed by atoms with Gasteiger partial charge in [-0.3, -0.25) is 19.7 Å². The molecule has 2 aliphatic rings. The lowest BCUT2D eigenvalue weighted by Gasteiger charge is -2.32. The number of nitro groups is 1. The number of nitrogens with zero attached hydrogens (tertiary/aromatic N) is 1. The van der Waals surface area contributed by atoms with Gasteiger partial charge >= 0.3 is 5.97 Å². The Morgan fingerprint density at radius 3 is 2.26 bits per heavy atom. The van der Waals surface area contributed by atoms with E-state index >= 15 is 0 Å². The molecule has 9 nitrogen and oxygen atoms in total. The number of rotatable bonds is 4. The van der Waals surface area contributed by atoms with Crippen molar-refractivity contribution in [3.05, 3.63) is 98.6 Å². The topological polar surface area (TPSA) is 133 Å². The molecule has 1 heterocycles. The number of aliphatic hydroxyl groups excluding tert-OH is 1. The number of aliphatic hydroxyl groups is 1. The Morgan fingerprint density at radius 1 is 1.03 bits per heavy atom. The van der Waals surface area contributed by atoms with Crippen molar-refractivity contribution in [3.63, 3.8) is 0 Å². The maximum Gasteiger partial charge on any atom is 0.336 e. The summed E-state index contributed by atoms with van der Waals surface area (Å²) < 4.78 is 10.6. The minimum atomic E-state index is -1.75. The van der Waals surface area contributed by atoms with Crippen LogP contribution in [0.2, 0.25) is 0 Å². The zero-order valence-corrected chi connectivity index (χ0v) is 17.6. The number of hydrogen-bond donors (Lipinski definition) is 1. The minimum Gasteiger partial charge on any atom is -0.459 e. The van der Waals surface area contributed by atoms with Gasteiger partial charge in [0.15, 0.2) is 24.0 Å². The smallest absolute Gasteiger partial charge is 0.336 e. The van der Waals surface area contributed by atoms with Gasteiger partial charge in [0, 0.05) is 35.3 Å². The third-order valence-electron chi connectivity index (χ3n) is 5.94. The van der Waals surface area contributed by atoms with Crippen molar-refractivity contribution in [1.82, 2.24) is 0 Å². The zero-order valence-electron chi connectivity index (χ0n) is 17.6. The summed E-state index contributed by atoms with van der Waals surface area (Å²) in [5.74, 6) is -1.78. The number of hydrogen-bond acceptors (Lipinski definition) is 8. The number of carbonyl (C=O) groups is 3. The molecule has 170 valence electrons. The van der Waals surface area contributed by atoms with Crippen LogP contribution in [0.5, 0.6) is 0 Å². The number of Topliss-reactive ketones (excluding diaryl/α,β-unsaturated/α-hetero) is 2. The van der Waals surface area contributed by atoms with Gasteiger partial charge in [0.05, 0.1) is 10.5 Å². The molecule has 9 heteroatoms. The van der Waals surface area contributed by atoms with E-state index in [1.165, 1.54) is 24.3 Å². The molecule has 0 saturated heterocycles. The molecule has 0 spiro atoms. The van der Waals surface area contributed by atoms with Crippen molar-refractivity contribution in [2.45, 2.75) is 25.4 Å². The lowest BCUT2D eigenvalue weighted by Crippen LogP contribution is -2.42. The van der Waals surface area contributed by atoms with E-state index in [1.54, 1.807) is 12.1 Å². The van der Waals surface area contributed by atoms with Gasteiger partial charge in [-0.2, -0.15) is 0 Å². The van der Waals surface area contributed by atoms with Crippen LogP contribution in [0, 0.1) is 10.1 Å². The predicted molar refractivity (Wildman–Crippen MR) is 118 cm³/mol. The quantitative estimate of drug-likeness (QED) is 0.357. The van der Waals surface area contributed by atoms with Crippen LogP contribution in [0.4, 0.5) is 5.69 Å². The number of non-ortho nitro benzene ring substituents is 1. The summed E-state index contributed by atoms with van der Waals surface area (Å²) in [4.78, 5) is 49.1. The van der Waals surface area contributed by atoms with Crippen molar-refractivity contribution in [1.29, 1.82) is 0 Å². The fourth-order valence-corrected chi connectivity index (χ4v) is 4.20. The van der Waals surface area contributed by atoms with Gasteiger partial charge in [-0.05, 0) is 40.6 Å². The summed E-state index contributed by atoms with van der Waals surface area (Å²) >= 11 is 0. The zero-order chi connectivity index (χ0) is 24.0. The highest BCUT2D eigenvalue weighted by atomic mass is 16.6. The molecule has 0 fully saturated rings. The van der Waals surface area contributed by atoms with Crippen molar-refractivity contribution in [2.75, 3.05) is 0 Å². The highest BCUT2D eigenvalue weighted by Gasteiger charge is 2.43. The molecule has 2 atom stereocenters. The second kappa shape index (κ2) is 8.29. The Bertz CT molecular complexity index is 1410.